The van der Waals surface area contributed by atoms with E-state index in [2.05, 4.69) is 34.1 Å². The quantitative estimate of drug-likeness (QED) is 0.854. The van der Waals surface area contributed by atoms with Crippen LogP contribution in [0.2, 0.25) is 0 Å². The molecule has 0 amide bonds. The minimum absolute atomic E-state index is 0.715. The number of rotatable bonds is 4. The first-order chi connectivity index (χ1) is 8.83. The molecule has 3 unspecified atom stereocenters. The number of hydrogen-bond donors (Lipinski definition) is 1. The van der Waals surface area contributed by atoms with Gasteiger partial charge in [0, 0.05) is 19.1 Å². The van der Waals surface area contributed by atoms with Crippen molar-refractivity contribution in [3.05, 3.63) is 12.2 Å². The summed E-state index contributed by atoms with van der Waals surface area (Å²) in [6.07, 6.45) is 2.92. The standard InChI is InChI=1S/C13H23N5/c1-3-12-11-6-14-5-10(11)7-17(12)8-13-15-9-16-18(13)4-2/h9-12,14H,3-8H2,1-2H3. The van der Waals surface area contributed by atoms with Crippen LogP contribution in [0.3, 0.4) is 0 Å². The maximum atomic E-state index is 4.41. The highest BCUT2D eigenvalue weighted by Gasteiger charge is 2.43. The van der Waals surface area contributed by atoms with E-state index in [1.807, 2.05) is 4.68 Å². The summed E-state index contributed by atoms with van der Waals surface area (Å²) < 4.78 is 2.01. The minimum atomic E-state index is 0.715. The summed E-state index contributed by atoms with van der Waals surface area (Å²) in [5.41, 5.74) is 0. The van der Waals surface area contributed by atoms with Crippen molar-refractivity contribution >= 4 is 0 Å². The fraction of sp³-hybridized carbons (Fsp3) is 0.846. The van der Waals surface area contributed by atoms with Crippen LogP contribution in [0.1, 0.15) is 26.1 Å². The number of likely N-dealkylation sites (tertiary alicyclic amines) is 1. The van der Waals surface area contributed by atoms with Crippen molar-refractivity contribution in [2.45, 2.75) is 39.4 Å². The zero-order valence-corrected chi connectivity index (χ0v) is 11.3. The Morgan fingerprint density at radius 1 is 1.39 bits per heavy atom. The molecular formula is C13H23N5. The van der Waals surface area contributed by atoms with Crippen molar-refractivity contribution in [1.82, 2.24) is 25.0 Å². The molecule has 1 aromatic heterocycles. The van der Waals surface area contributed by atoms with Crippen LogP contribution < -0.4 is 5.32 Å². The largest absolute Gasteiger partial charge is 0.316 e. The molecule has 0 radical (unpaired) electrons. The van der Waals surface area contributed by atoms with E-state index in [1.54, 1.807) is 6.33 Å². The second kappa shape index (κ2) is 4.97. The fourth-order valence-corrected chi connectivity index (χ4v) is 3.71. The molecule has 2 aliphatic heterocycles. The Labute approximate surface area is 109 Å². The van der Waals surface area contributed by atoms with Crippen LogP contribution >= 0.6 is 0 Å². The molecule has 0 bridgehead atoms. The van der Waals surface area contributed by atoms with Crippen LogP contribution in [-0.4, -0.2) is 45.3 Å². The molecule has 2 aliphatic rings. The minimum Gasteiger partial charge on any atom is -0.316 e. The summed E-state index contributed by atoms with van der Waals surface area (Å²) in [6.45, 7) is 9.90. The van der Waals surface area contributed by atoms with Gasteiger partial charge in [-0.15, -0.1) is 0 Å². The Hall–Kier alpha value is -0.940. The van der Waals surface area contributed by atoms with E-state index in [1.165, 1.54) is 26.1 Å². The zero-order chi connectivity index (χ0) is 12.5. The van der Waals surface area contributed by atoms with Crippen LogP contribution in [0.4, 0.5) is 0 Å². The molecule has 1 N–H and O–H groups in total. The highest BCUT2D eigenvalue weighted by Crippen LogP contribution is 2.34. The van der Waals surface area contributed by atoms with Crippen molar-refractivity contribution in [2.24, 2.45) is 11.8 Å². The van der Waals surface area contributed by atoms with E-state index >= 15 is 0 Å². The smallest absolute Gasteiger partial charge is 0.141 e. The van der Waals surface area contributed by atoms with Gasteiger partial charge in [-0.3, -0.25) is 4.90 Å². The van der Waals surface area contributed by atoms with Crippen molar-refractivity contribution in [1.29, 1.82) is 0 Å². The summed E-state index contributed by atoms with van der Waals surface area (Å²) in [6, 6.07) is 0.715. The van der Waals surface area contributed by atoms with Crippen LogP contribution in [-0.2, 0) is 13.1 Å². The average Bonchev–Trinajstić information content (AvgIpc) is 3.04. The van der Waals surface area contributed by atoms with E-state index in [4.69, 9.17) is 0 Å². The van der Waals surface area contributed by atoms with Crippen molar-refractivity contribution < 1.29 is 0 Å². The topological polar surface area (TPSA) is 46.0 Å². The van der Waals surface area contributed by atoms with Gasteiger partial charge in [0.05, 0.1) is 6.54 Å². The van der Waals surface area contributed by atoms with Crippen molar-refractivity contribution in [3.63, 3.8) is 0 Å². The summed E-state index contributed by atoms with van der Waals surface area (Å²) >= 11 is 0. The number of nitrogens with one attached hydrogen (secondary N) is 1. The van der Waals surface area contributed by atoms with E-state index < -0.39 is 0 Å². The number of hydrogen-bond acceptors (Lipinski definition) is 4. The molecule has 0 saturated carbocycles. The lowest BCUT2D eigenvalue weighted by molar-refractivity contribution is 0.202. The Morgan fingerprint density at radius 2 is 2.28 bits per heavy atom. The van der Waals surface area contributed by atoms with Crippen molar-refractivity contribution in [3.8, 4) is 0 Å². The molecule has 100 valence electrons. The lowest BCUT2D eigenvalue weighted by atomic mass is 9.93. The molecular weight excluding hydrogens is 226 g/mol. The van der Waals surface area contributed by atoms with Crippen LogP contribution in [0.15, 0.2) is 6.33 Å². The molecule has 0 aliphatic carbocycles. The molecule has 0 aromatic carbocycles. The molecule has 1 aromatic rings. The normalized spacial score (nSPS) is 32.0. The summed E-state index contributed by atoms with van der Waals surface area (Å²) in [7, 11) is 0. The summed E-state index contributed by atoms with van der Waals surface area (Å²) in [5, 5.41) is 7.80. The van der Waals surface area contributed by atoms with E-state index in [0.29, 0.717) is 6.04 Å². The number of fused-ring (bicyclic) bond motifs is 1. The predicted octanol–water partition coefficient (Wildman–Crippen LogP) is 0.728. The third-order valence-corrected chi connectivity index (χ3v) is 4.58. The first kappa shape index (κ1) is 12.1. The van der Waals surface area contributed by atoms with Gasteiger partial charge in [0.15, 0.2) is 0 Å². The number of aromatic nitrogens is 3. The van der Waals surface area contributed by atoms with Gasteiger partial charge in [0.25, 0.3) is 0 Å². The monoisotopic (exact) mass is 249 g/mol. The van der Waals surface area contributed by atoms with Gasteiger partial charge in [-0.2, -0.15) is 5.10 Å². The fourth-order valence-electron chi connectivity index (χ4n) is 3.71. The number of aryl methyl sites for hydroxylation is 1. The predicted molar refractivity (Wildman–Crippen MR) is 70.0 cm³/mol. The number of nitrogens with zero attached hydrogens (tertiary/aromatic N) is 4. The molecule has 0 spiro atoms. The Morgan fingerprint density at radius 3 is 3.06 bits per heavy atom. The Bertz CT molecular complexity index is 402. The third-order valence-electron chi connectivity index (χ3n) is 4.58. The zero-order valence-electron chi connectivity index (χ0n) is 11.3. The van der Waals surface area contributed by atoms with Crippen LogP contribution in [0.25, 0.3) is 0 Å². The highest BCUT2D eigenvalue weighted by molar-refractivity contribution is 4.99. The Balaban J connectivity index is 1.73. The molecule has 2 saturated heterocycles. The molecule has 18 heavy (non-hydrogen) atoms. The lowest BCUT2D eigenvalue weighted by Crippen LogP contribution is -2.35. The second-order valence-electron chi connectivity index (χ2n) is 5.48. The maximum Gasteiger partial charge on any atom is 0.141 e. The highest BCUT2D eigenvalue weighted by atomic mass is 15.4. The summed E-state index contributed by atoms with van der Waals surface area (Å²) in [4.78, 5) is 7.03. The SMILES string of the molecule is CCC1C2CNCC2CN1Cc1ncnn1CC. The van der Waals surface area contributed by atoms with Gasteiger partial charge in [-0.05, 0) is 38.3 Å². The first-order valence-electron chi connectivity index (χ1n) is 7.15. The van der Waals surface area contributed by atoms with Gasteiger partial charge in [0.2, 0.25) is 0 Å². The van der Waals surface area contributed by atoms with Crippen LogP contribution in [0, 0.1) is 11.8 Å². The maximum absolute atomic E-state index is 4.41. The molecule has 3 rings (SSSR count). The Kier molecular flexibility index (Phi) is 3.35. The van der Waals surface area contributed by atoms with E-state index in [0.717, 1.165) is 30.7 Å². The van der Waals surface area contributed by atoms with Gasteiger partial charge < -0.3 is 5.32 Å². The molecule has 5 heteroatoms. The molecule has 3 heterocycles. The molecule has 2 fully saturated rings. The lowest BCUT2D eigenvalue weighted by Gasteiger charge is -2.26. The van der Waals surface area contributed by atoms with Gasteiger partial charge in [0.1, 0.15) is 12.2 Å². The summed E-state index contributed by atoms with van der Waals surface area (Å²) in [5.74, 6) is 2.80. The third kappa shape index (κ3) is 1.95. The van der Waals surface area contributed by atoms with Crippen molar-refractivity contribution in [2.75, 3.05) is 19.6 Å². The van der Waals surface area contributed by atoms with E-state index in [9.17, 15) is 0 Å². The van der Waals surface area contributed by atoms with Gasteiger partial charge >= 0.3 is 0 Å². The van der Waals surface area contributed by atoms with Gasteiger partial charge in [-0.1, -0.05) is 6.92 Å². The first-order valence-corrected chi connectivity index (χ1v) is 7.15. The molecule has 3 atom stereocenters. The average molecular weight is 249 g/mol. The second-order valence-corrected chi connectivity index (χ2v) is 5.48. The molecule has 5 nitrogen and oxygen atoms in total. The van der Waals surface area contributed by atoms with E-state index in [-0.39, 0.29) is 0 Å². The van der Waals surface area contributed by atoms with Crippen LogP contribution in [0.5, 0.6) is 0 Å². The van der Waals surface area contributed by atoms with Gasteiger partial charge in [-0.25, -0.2) is 9.67 Å².